The van der Waals surface area contributed by atoms with Crippen molar-refractivity contribution in [3.8, 4) is 5.69 Å². The number of likely N-dealkylation sites (tertiary alicyclic amines) is 2. The molecule has 11 heteroatoms. The van der Waals surface area contributed by atoms with Crippen molar-refractivity contribution in [1.29, 1.82) is 0 Å². The van der Waals surface area contributed by atoms with Gasteiger partial charge in [-0.15, -0.1) is 5.10 Å². The van der Waals surface area contributed by atoms with Crippen LogP contribution in [0.3, 0.4) is 0 Å². The van der Waals surface area contributed by atoms with Gasteiger partial charge in [0.2, 0.25) is 5.91 Å². The van der Waals surface area contributed by atoms with Crippen molar-refractivity contribution in [3.63, 3.8) is 0 Å². The average molecular weight is 439 g/mol. The number of amides is 1. The molecule has 2 saturated heterocycles. The monoisotopic (exact) mass is 439 g/mol. The van der Waals surface area contributed by atoms with Crippen LogP contribution < -0.4 is 0 Å². The molecule has 3 aliphatic rings. The average Bonchev–Trinajstić information content (AvgIpc) is 3.53. The van der Waals surface area contributed by atoms with Gasteiger partial charge in [-0.2, -0.15) is 0 Å². The molecular weight excluding hydrogens is 414 g/mol. The van der Waals surface area contributed by atoms with Crippen LogP contribution in [0.2, 0.25) is 0 Å². The molecule has 0 radical (unpaired) electrons. The third-order valence-electron chi connectivity index (χ3n) is 6.88. The number of ether oxygens (including phenoxy) is 1. The molecule has 0 saturated carbocycles. The number of β-amino-alcohol motifs (C(OH)–C–C–N with tert-alkyl or cyclic N) is 1. The number of esters is 1. The summed E-state index contributed by atoms with van der Waals surface area (Å²) in [7, 11) is 0. The zero-order valence-electron chi connectivity index (χ0n) is 17.8. The highest BCUT2D eigenvalue weighted by Gasteiger charge is 2.50. The van der Waals surface area contributed by atoms with Crippen molar-refractivity contribution in [2.75, 3.05) is 32.8 Å². The standard InChI is InChI=1S/C21H25N7O4/c1-14-17(12-32-19(14)30)27-9-5-21(20(27)31)3-7-26(8-4-21)11-18(29)16-10-15(2-6-22-16)28-13-23-24-25-28/h2,6,10,13,18,29H,3-5,7-9,11-12H2,1H3/t18-/m0/s1. The second kappa shape index (κ2) is 8.06. The van der Waals surface area contributed by atoms with E-state index in [2.05, 4.69) is 25.4 Å². The van der Waals surface area contributed by atoms with Crippen LogP contribution in [0.5, 0.6) is 0 Å². The Bertz CT molecular complexity index is 1060. The van der Waals surface area contributed by atoms with Crippen molar-refractivity contribution < 1.29 is 19.4 Å². The summed E-state index contributed by atoms with van der Waals surface area (Å²) in [6.07, 6.45) is 4.60. The topological polar surface area (TPSA) is 127 Å². The summed E-state index contributed by atoms with van der Waals surface area (Å²) in [5.74, 6) is -0.239. The Balaban J connectivity index is 1.21. The molecule has 0 aliphatic carbocycles. The van der Waals surface area contributed by atoms with E-state index in [0.717, 1.165) is 38.0 Å². The van der Waals surface area contributed by atoms with Crippen LogP contribution in [-0.2, 0) is 14.3 Å². The fourth-order valence-electron chi connectivity index (χ4n) is 4.83. The Morgan fingerprint density at radius 2 is 2.00 bits per heavy atom. The van der Waals surface area contributed by atoms with Gasteiger partial charge in [0.15, 0.2) is 0 Å². The van der Waals surface area contributed by atoms with Crippen molar-refractivity contribution in [1.82, 2.24) is 35.0 Å². The minimum Gasteiger partial charge on any atom is -0.456 e. The van der Waals surface area contributed by atoms with Gasteiger partial charge in [-0.1, -0.05) is 0 Å². The molecule has 0 bridgehead atoms. The summed E-state index contributed by atoms with van der Waals surface area (Å²) in [5.41, 5.74) is 2.14. The van der Waals surface area contributed by atoms with Gasteiger partial charge in [0.1, 0.15) is 19.0 Å². The summed E-state index contributed by atoms with van der Waals surface area (Å²) < 4.78 is 6.60. The smallest absolute Gasteiger partial charge is 0.336 e. The minimum atomic E-state index is -0.759. The van der Waals surface area contributed by atoms with Crippen molar-refractivity contribution >= 4 is 11.9 Å². The van der Waals surface area contributed by atoms with E-state index in [1.54, 1.807) is 30.2 Å². The van der Waals surface area contributed by atoms with E-state index >= 15 is 0 Å². The minimum absolute atomic E-state index is 0.0983. The lowest BCUT2D eigenvalue weighted by Gasteiger charge is -2.38. The molecule has 1 N–H and O–H groups in total. The van der Waals surface area contributed by atoms with Crippen LogP contribution in [0.25, 0.3) is 5.69 Å². The molecule has 2 fully saturated rings. The number of piperidine rings is 1. The van der Waals surface area contributed by atoms with Gasteiger partial charge in [0.05, 0.1) is 28.1 Å². The number of tetrazole rings is 1. The first-order valence-corrected chi connectivity index (χ1v) is 10.8. The quantitative estimate of drug-likeness (QED) is 0.652. The zero-order valence-corrected chi connectivity index (χ0v) is 17.8. The molecule has 0 aromatic carbocycles. The lowest BCUT2D eigenvalue weighted by Crippen LogP contribution is -2.45. The van der Waals surface area contributed by atoms with Gasteiger partial charge in [0.25, 0.3) is 0 Å². The number of aliphatic hydroxyl groups is 1. The molecule has 1 atom stereocenters. The number of nitrogens with zero attached hydrogens (tertiary/aromatic N) is 7. The van der Waals surface area contributed by atoms with Crippen LogP contribution >= 0.6 is 0 Å². The highest BCUT2D eigenvalue weighted by Crippen LogP contribution is 2.43. The maximum absolute atomic E-state index is 13.3. The summed E-state index contributed by atoms with van der Waals surface area (Å²) in [6.45, 7) is 4.40. The van der Waals surface area contributed by atoms with E-state index in [-0.39, 0.29) is 18.5 Å². The number of carbonyl (C=O) groups is 2. The molecule has 5 rings (SSSR count). The fourth-order valence-corrected chi connectivity index (χ4v) is 4.83. The third kappa shape index (κ3) is 3.56. The van der Waals surface area contributed by atoms with Crippen LogP contribution in [0, 0.1) is 5.41 Å². The van der Waals surface area contributed by atoms with E-state index in [4.69, 9.17) is 4.74 Å². The molecule has 2 aromatic heterocycles. The third-order valence-corrected chi connectivity index (χ3v) is 6.88. The van der Waals surface area contributed by atoms with E-state index in [9.17, 15) is 14.7 Å². The second-order valence-corrected chi connectivity index (χ2v) is 8.64. The van der Waals surface area contributed by atoms with Crippen molar-refractivity contribution in [3.05, 3.63) is 41.6 Å². The van der Waals surface area contributed by atoms with Gasteiger partial charge < -0.3 is 19.6 Å². The number of aromatic nitrogens is 5. The molecule has 1 amide bonds. The number of rotatable bonds is 5. The van der Waals surface area contributed by atoms with Gasteiger partial charge in [-0.3, -0.25) is 9.78 Å². The Morgan fingerprint density at radius 1 is 1.22 bits per heavy atom. The van der Waals surface area contributed by atoms with Gasteiger partial charge >= 0.3 is 5.97 Å². The molecule has 5 heterocycles. The molecule has 2 aromatic rings. The SMILES string of the molecule is CC1=C(N2CCC3(CCN(C[C@H](O)c4cc(-n5cnnn5)ccn4)CC3)C2=O)COC1=O. The molecule has 0 unspecified atom stereocenters. The molecule has 11 nitrogen and oxygen atoms in total. The lowest BCUT2D eigenvalue weighted by atomic mass is 9.77. The first-order chi connectivity index (χ1) is 15.5. The van der Waals surface area contributed by atoms with Gasteiger partial charge in [0, 0.05) is 19.3 Å². The number of pyridine rings is 1. The van der Waals surface area contributed by atoms with Gasteiger partial charge in [-0.25, -0.2) is 9.48 Å². The number of hydrogen-bond acceptors (Lipinski definition) is 9. The predicted molar refractivity (Wildman–Crippen MR) is 110 cm³/mol. The van der Waals surface area contributed by atoms with Crippen LogP contribution in [0.4, 0.5) is 0 Å². The van der Waals surface area contributed by atoms with Crippen molar-refractivity contribution in [2.45, 2.75) is 32.3 Å². The lowest BCUT2D eigenvalue weighted by molar-refractivity contribution is -0.138. The summed E-state index contributed by atoms with van der Waals surface area (Å²) in [5, 5.41) is 21.9. The number of carbonyl (C=O) groups excluding carboxylic acids is 2. The van der Waals surface area contributed by atoms with Gasteiger partial charge in [-0.05, 0) is 61.8 Å². The Kier molecular flexibility index (Phi) is 5.22. The predicted octanol–water partition coefficient (Wildman–Crippen LogP) is 0.236. The summed E-state index contributed by atoms with van der Waals surface area (Å²) in [6, 6.07) is 3.54. The Hall–Kier alpha value is -3.18. The highest BCUT2D eigenvalue weighted by molar-refractivity contribution is 5.94. The summed E-state index contributed by atoms with van der Waals surface area (Å²) in [4.78, 5) is 33.2. The number of aliphatic hydroxyl groups excluding tert-OH is 1. The first kappa shape index (κ1) is 20.7. The molecule has 1 spiro atoms. The first-order valence-electron chi connectivity index (χ1n) is 10.8. The van der Waals surface area contributed by atoms with E-state index in [1.807, 2.05) is 0 Å². The molecular formula is C21H25N7O4. The van der Waals surface area contributed by atoms with E-state index in [0.29, 0.717) is 30.1 Å². The molecule has 168 valence electrons. The van der Waals surface area contributed by atoms with E-state index in [1.165, 1.54) is 11.0 Å². The van der Waals surface area contributed by atoms with Crippen molar-refractivity contribution in [2.24, 2.45) is 5.41 Å². The number of hydrogen-bond donors (Lipinski definition) is 1. The molecule has 3 aliphatic heterocycles. The van der Waals surface area contributed by atoms with E-state index < -0.39 is 11.5 Å². The highest BCUT2D eigenvalue weighted by atomic mass is 16.5. The number of cyclic esters (lactones) is 1. The van der Waals surface area contributed by atoms with Crippen LogP contribution in [-0.4, -0.2) is 84.8 Å². The normalized spacial score (nSPS) is 22.1. The zero-order chi connectivity index (χ0) is 22.3. The maximum Gasteiger partial charge on any atom is 0.336 e. The van der Waals surface area contributed by atoms with Crippen LogP contribution in [0.15, 0.2) is 35.9 Å². The fraction of sp³-hybridized carbons (Fsp3) is 0.524. The largest absolute Gasteiger partial charge is 0.456 e. The molecule has 32 heavy (non-hydrogen) atoms. The Labute approximate surface area is 184 Å². The van der Waals surface area contributed by atoms with Crippen LogP contribution in [0.1, 0.15) is 38.0 Å². The summed E-state index contributed by atoms with van der Waals surface area (Å²) >= 11 is 0. The maximum atomic E-state index is 13.3. The Morgan fingerprint density at radius 3 is 2.69 bits per heavy atom. The second-order valence-electron chi connectivity index (χ2n) is 8.64.